The number of nitriles is 1. The molecule has 0 saturated carbocycles. The molecule has 0 unspecified atom stereocenters. The molecule has 0 aliphatic heterocycles. The van der Waals surface area contributed by atoms with E-state index in [1.165, 1.54) is 19.3 Å². The van der Waals surface area contributed by atoms with Gasteiger partial charge in [-0.1, -0.05) is 29.8 Å². The summed E-state index contributed by atoms with van der Waals surface area (Å²) < 4.78 is 4.94. The fourth-order valence-electron chi connectivity index (χ4n) is 1.86. The first-order valence-corrected chi connectivity index (χ1v) is 6.97. The van der Waals surface area contributed by atoms with Gasteiger partial charge in [-0.15, -0.1) is 0 Å². The molecule has 2 N–H and O–H groups in total. The second-order valence-corrected chi connectivity index (χ2v) is 4.94. The zero-order valence-corrected chi connectivity index (χ0v) is 13.0. The minimum atomic E-state index is -0.587. The first-order chi connectivity index (χ1) is 11.0. The number of halogens is 1. The van der Waals surface area contributed by atoms with Crippen LogP contribution in [0.4, 0.5) is 5.69 Å². The maximum Gasteiger partial charge on any atom is 0.266 e. The predicted octanol–water partition coefficient (Wildman–Crippen LogP) is 3.60. The monoisotopic (exact) mass is 328 g/mol. The third kappa shape index (κ3) is 4.02. The summed E-state index contributed by atoms with van der Waals surface area (Å²) >= 11 is 5.97. The van der Waals surface area contributed by atoms with Crippen LogP contribution in [0.5, 0.6) is 11.5 Å². The van der Waals surface area contributed by atoms with Gasteiger partial charge in [0.15, 0.2) is 11.5 Å². The number of nitrogens with zero attached hydrogens (tertiary/aromatic N) is 1. The molecular weight excluding hydrogens is 316 g/mol. The maximum atomic E-state index is 12.2. The zero-order valence-electron chi connectivity index (χ0n) is 12.2. The molecule has 23 heavy (non-hydrogen) atoms. The Kier molecular flexibility index (Phi) is 5.23. The lowest BCUT2D eigenvalue weighted by molar-refractivity contribution is -0.112. The molecule has 0 atom stereocenters. The van der Waals surface area contributed by atoms with Crippen LogP contribution in [0.1, 0.15) is 5.56 Å². The van der Waals surface area contributed by atoms with Gasteiger partial charge in [0.05, 0.1) is 17.8 Å². The van der Waals surface area contributed by atoms with Crippen molar-refractivity contribution in [2.24, 2.45) is 0 Å². The number of benzene rings is 2. The van der Waals surface area contributed by atoms with Gasteiger partial charge in [0.2, 0.25) is 0 Å². The molecule has 0 saturated heterocycles. The molecular formula is C17H13ClN2O3. The van der Waals surface area contributed by atoms with E-state index in [9.17, 15) is 15.2 Å². The van der Waals surface area contributed by atoms with E-state index in [0.29, 0.717) is 22.0 Å². The fourth-order valence-corrected chi connectivity index (χ4v) is 2.05. The number of anilines is 1. The van der Waals surface area contributed by atoms with Crippen LogP contribution >= 0.6 is 11.6 Å². The van der Waals surface area contributed by atoms with Gasteiger partial charge in [0.1, 0.15) is 11.6 Å². The van der Waals surface area contributed by atoms with Crippen molar-refractivity contribution in [3.63, 3.8) is 0 Å². The molecule has 5 nitrogen and oxygen atoms in total. The van der Waals surface area contributed by atoms with Gasteiger partial charge in [0.25, 0.3) is 5.91 Å². The summed E-state index contributed by atoms with van der Waals surface area (Å²) in [5.74, 6) is -0.359. The molecule has 0 aromatic heterocycles. The Bertz CT molecular complexity index is 810. The number of ether oxygens (including phenoxy) is 1. The highest BCUT2D eigenvalue weighted by Crippen LogP contribution is 2.27. The number of carbonyl (C=O) groups excluding carboxylic acids is 1. The minimum absolute atomic E-state index is 0.0787. The van der Waals surface area contributed by atoms with Crippen LogP contribution in [0.2, 0.25) is 5.02 Å². The van der Waals surface area contributed by atoms with E-state index in [0.717, 1.165) is 0 Å². The van der Waals surface area contributed by atoms with Crippen LogP contribution < -0.4 is 10.1 Å². The Morgan fingerprint density at radius 1 is 1.35 bits per heavy atom. The van der Waals surface area contributed by atoms with E-state index in [2.05, 4.69) is 5.32 Å². The van der Waals surface area contributed by atoms with Gasteiger partial charge in [-0.3, -0.25) is 4.79 Å². The molecule has 2 aromatic rings. The van der Waals surface area contributed by atoms with E-state index >= 15 is 0 Å². The van der Waals surface area contributed by atoms with E-state index in [-0.39, 0.29) is 11.3 Å². The molecule has 0 bridgehead atoms. The molecule has 2 aromatic carbocycles. The normalized spacial score (nSPS) is 10.7. The van der Waals surface area contributed by atoms with E-state index in [1.807, 2.05) is 6.07 Å². The number of nitrogens with one attached hydrogen (secondary N) is 1. The number of hydrogen-bond acceptors (Lipinski definition) is 4. The number of rotatable bonds is 4. The SMILES string of the molecule is COc1ccc(/C=C(\C#N)C(=O)Nc2ccccc2Cl)cc1O. The average molecular weight is 329 g/mol. The quantitative estimate of drug-likeness (QED) is 0.663. The van der Waals surface area contributed by atoms with Crippen molar-refractivity contribution in [3.05, 3.63) is 58.6 Å². The number of hydrogen-bond donors (Lipinski definition) is 2. The van der Waals surface area contributed by atoms with Crippen molar-refractivity contribution < 1.29 is 14.6 Å². The van der Waals surface area contributed by atoms with Crippen LogP contribution in [0.15, 0.2) is 48.0 Å². The number of methoxy groups -OCH3 is 1. The van der Waals surface area contributed by atoms with Gasteiger partial charge in [-0.25, -0.2) is 0 Å². The van der Waals surface area contributed by atoms with Crippen LogP contribution in [-0.2, 0) is 4.79 Å². The number of amides is 1. The molecule has 0 radical (unpaired) electrons. The van der Waals surface area contributed by atoms with Gasteiger partial charge in [0, 0.05) is 0 Å². The van der Waals surface area contributed by atoms with Crippen LogP contribution in [0.25, 0.3) is 6.08 Å². The maximum absolute atomic E-state index is 12.2. The highest BCUT2D eigenvalue weighted by atomic mass is 35.5. The molecule has 2 rings (SSSR count). The highest BCUT2D eigenvalue weighted by Gasteiger charge is 2.11. The van der Waals surface area contributed by atoms with Crippen molar-refractivity contribution in [2.75, 3.05) is 12.4 Å². The standard InChI is InChI=1S/C17H13ClN2O3/c1-23-16-7-6-11(9-15(16)21)8-12(10-19)17(22)20-14-5-3-2-4-13(14)18/h2-9,21H,1H3,(H,20,22)/b12-8+. The first-order valence-electron chi connectivity index (χ1n) is 6.60. The Morgan fingerprint density at radius 2 is 2.09 bits per heavy atom. The topological polar surface area (TPSA) is 82.3 Å². The van der Waals surface area contributed by atoms with Crippen LogP contribution in [0.3, 0.4) is 0 Å². The fraction of sp³-hybridized carbons (Fsp3) is 0.0588. The van der Waals surface area contributed by atoms with Crippen LogP contribution in [0, 0.1) is 11.3 Å². The van der Waals surface area contributed by atoms with Crippen molar-refractivity contribution >= 4 is 29.3 Å². The van der Waals surface area contributed by atoms with Crippen molar-refractivity contribution in [1.29, 1.82) is 5.26 Å². The average Bonchev–Trinajstić information content (AvgIpc) is 2.54. The summed E-state index contributed by atoms with van der Waals surface area (Å²) in [5.41, 5.74) is 0.793. The molecule has 116 valence electrons. The number of phenolic OH excluding ortho intramolecular Hbond substituents is 1. The van der Waals surface area contributed by atoms with Crippen molar-refractivity contribution in [1.82, 2.24) is 0 Å². The number of phenols is 1. The summed E-state index contributed by atoms with van der Waals surface area (Å²) in [6.45, 7) is 0. The molecule has 6 heteroatoms. The minimum Gasteiger partial charge on any atom is -0.504 e. The second-order valence-electron chi connectivity index (χ2n) is 4.54. The Labute approximate surface area is 138 Å². The first kappa shape index (κ1) is 16.4. The molecule has 1 amide bonds. The second kappa shape index (κ2) is 7.34. The Balaban J connectivity index is 2.25. The number of aromatic hydroxyl groups is 1. The van der Waals surface area contributed by atoms with Gasteiger partial charge >= 0.3 is 0 Å². The molecule has 0 heterocycles. The van der Waals surface area contributed by atoms with E-state index in [4.69, 9.17) is 16.3 Å². The summed E-state index contributed by atoms with van der Waals surface area (Å²) in [6, 6.07) is 13.1. The summed E-state index contributed by atoms with van der Waals surface area (Å²) in [5, 5.41) is 21.9. The highest BCUT2D eigenvalue weighted by molar-refractivity contribution is 6.34. The van der Waals surface area contributed by atoms with Gasteiger partial charge in [-0.2, -0.15) is 5.26 Å². The van der Waals surface area contributed by atoms with Gasteiger partial charge < -0.3 is 15.2 Å². The molecule has 0 aliphatic carbocycles. The van der Waals surface area contributed by atoms with Crippen molar-refractivity contribution in [3.8, 4) is 17.6 Å². The Hall–Kier alpha value is -2.97. The predicted molar refractivity (Wildman–Crippen MR) is 88.3 cm³/mol. The summed E-state index contributed by atoms with van der Waals surface area (Å²) in [4.78, 5) is 12.2. The third-order valence-electron chi connectivity index (χ3n) is 3.00. The lowest BCUT2D eigenvalue weighted by Gasteiger charge is -2.07. The lowest BCUT2D eigenvalue weighted by Crippen LogP contribution is -2.13. The summed E-state index contributed by atoms with van der Waals surface area (Å²) in [7, 11) is 1.43. The van der Waals surface area contributed by atoms with E-state index in [1.54, 1.807) is 36.4 Å². The summed E-state index contributed by atoms with van der Waals surface area (Å²) in [6.07, 6.45) is 1.37. The number of para-hydroxylation sites is 1. The largest absolute Gasteiger partial charge is 0.504 e. The zero-order chi connectivity index (χ0) is 16.8. The molecule has 0 aliphatic rings. The lowest BCUT2D eigenvalue weighted by atomic mass is 10.1. The smallest absolute Gasteiger partial charge is 0.266 e. The third-order valence-corrected chi connectivity index (χ3v) is 3.33. The number of carbonyl (C=O) groups is 1. The van der Waals surface area contributed by atoms with Gasteiger partial charge in [-0.05, 0) is 35.9 Å². The van der Waals surface area contributed by atoms with Crippen LogP contribution in [-0.4, -0.2) is 18.1 Å². The Morgan fingerprint density at radius 3 is 2.70 bits per heavy atom. The molecule has 0 fully saturated rings. The molecule has 0 spiro atoms. The van der Waals surface area contributed by atoms with Crippen molar-refractivity contribution in [2.45, 2.75) is 0 Å². The van der Waals surface area contributed by atoms with E-state index < -0.39 is 5.91 Å².